The number of aryl methyl sites for hydroxylation is 1. The molecule has 0 radical (unpaired) electrons. The highest BCUT2D eigenvalue weighted by atomic mass is 79.9. The minimum absolute atomic E-state index is 0.186. The second kappa shape index (κ2) is 4.29. The molecule has 0 saturated heterocycles. The Kier molecular flexibility index (Phi) is 3.32. The van der Waals surface area contributed by atoms with Gasteiger partial charge in [-0.3, -0.25) is 0 Å². The number of rotatable bonds is 2. The quantitative estimate of drug-likeness (QED) is 0.725. The van der Waals surface area contributed by atoms with Gasteiger partial charge in [-0.25, -0.2) is 4.39 Å². The van der Waals surface area contributed by atoms with Gasteiger partial charge >= 0.3 is 0 Å². The third-order valence-electron chi connectivity index (χ3n) is 1.49. The highest BCUT2D eigenvalue weighted by Gasteiger charge is 2.06. The first-order chi connectivity index (χ1) is 6.15. The average Bonchev–Trinajstić information content (AvgIpc) is 2.02. The molecule has 0 N–H and O–H groups in total. The standard InChI is InChI=1S/C10H8BrFO/c1-3-4-13-10-7(2)5-8(12)6-9(10)11/h1,5-6H,4H2,2H3. The Labute approximate surface area is 85.0 Å². The van der Waals surface area contributed by atoms with Crippen LogP contribution in [0.3, 0.4) is 0 Å². The fourth-order valence-corrected chi connectivity index (χ4v) is 1.63. The molecule has 0 aliphatic carbocycles. The summed E-state index contributed by atoms with van der Waals surface area (Å²) in [7, 11) is 0. The van der Waals surface area contributed by atoms with Crippen LogP contribution in [0.5, 0.6) is 5.75 Å². The predicted molar refractivity (Wildman–Crippen MR) is 53.2 cm³/mol. The highest BCUT2D eigenvalue weighted by Crippen LogP contribution is 2.29. The molecule has 0 heterocycles. The van der Waals surface area contributed by atoms with Crippen molar-refractivity contribution in [3.63, 3.8) is 0 Å². The van der Waals surface area contributed by atoms with E-state index < -0.39 is 0 Å². The minimum Gasteiger partial charge on any atom is -0.479 e. The van der Waals surface area contributed by atoms with Crippen molar-refractivity contribution < 1.29 is 9.13 Å². The highest BCUT2D eigenvalue weighted by molar-refractivity contribution is 9.10. The van der Waals surface area contributed by atoms with Gasteiger partial charge in [0.05, 0.1) is 4.47 Å². The van der Waals surface area contributed by atoms with E-state index >= 15 is 0 Å². The number of benzene rings is 1. The zero-order chi connectivity index (χ0) is 9.84. The van der Waals surface area contributed by atoms with E-state index in [1.165, 1.54) is 12.1 Å². The van der Waals surface area contributed by atoms with E-state index in [-0.39, 0.29) is 12.4 Å². The van der Waals surface area contributed by atoms with Crippen LogP contribution in [-0.4, -0.2) is 6.61 Å². The SMILES string of the molecule is C#CCOc1c(C)cc(F)cc1Br. The lowest BCUT2D eigenvalue weighted by Crippen LogP contribution is -1.97. The van der Waals surface area contributed by atoms with Gasteiger partial charge < -0.3 is 4.74 Å². The maximum absolute atomic E-state index is 12.8. The van der Waals surface area contributed by atoms with Gasteiger partial charge in [-0.15, -0.1) is 6.42 Å². The maximum Gasteiger partial charge on any atom is 0.148 e. The molecular weight excluding hydrogens is 235 g/mol. The first kappa shape index (κ1) is 10.1. The van der Waals surface area contributed by atoms with Crippen LogP contribution in [0, 0.1) is 25.1 Å². The molecule has 1 rings (SSSR count). The monoisotopic (exact) mass is 242 g/mol. The van der Waals surface area contributed by atoms with Gasteiger partial charge in [0.2, 0.25) is 0 Å². The first-order valence-electron chi connectivity index (χ1n) is 3.67. The van der Waals surface area contributed by atoms with Gasteiger partial charge in [-0.1, -0.05) is 5.92 Å². The zero-order valence-electron chi connectivity index (χ0n) is 7.10. The topological polar surface area (TPSA) is 9.23 Å². The molecule has 0 aromatic heterocycles. The van der Waals surface area contributed by atoms with Crippen molar-refractivity contribution >= 4 is 15.9 Å². The Morgan fingerprint density at radius 1 is 1.62 bits per heavy atom. The molecular formula is C10H8BrFO. The van der Waals surface area contributed by atoms with Gasteiger partial charge in [-0.2, -0.15) is 0 Å². The van der Waals surface area contributed by atoms with Crippen molar-refractivity contribution in [3.8, 4) is 18.1 Å². The Balaban J connectivity index is 3.00. The first-order valence-corrected chi connectivity index (χ1v) is 4.46. The van der Waals surface area contributed by atoms with Crippen molar-refractivity contribution in [1.82, 2.24) is 0 Å². The Morgan fingerprint density at radius 2 is 2.31 bits per heavy atom. The smallest absolute Gasteiger partial charge is 0.148 e. The zero-order valence-corrected chi connectivity index (χ0v) is 8.69. The lowest BCUT2D eigenvalue weighted by atomic mass is 10.2. The summed E-state index contributed by atoms with van der Waals surface area (Å²) < 4.78 is 18.6. The molecule has 1 aromatic rings. The fourth-order valence-electron chi connectivity index (χ4n) is 0.986. The summed E-state index contributed by atoms with van der Waals surface area (Å²) in [6.07, 6.45) is 5.04. The van der Waals surface area contributed by atoms with E-state index in [4.69, 9.17) is 11.2 Å². The molecule has 0 saturated carbocycles. The van der Waals surface area contributed by atoms with E-state index in [0.29, 0.717) is 10.2 Å². The number of halogens is 2. The van der Waals surface area contributed by atoms with E-state index in [1.807, 2.05) is 0 Å². The number of ether oxygens (including phenoxy) is 1. The molecule has 1 nitrogen and oxygen atoms in total. The number of hydrogen-bond acceptors (Lipinski definition) is 1. The molecule has 3 heteroatoms. The van der Waals surface area contributed by atoms with Crippen molar-refractivity contribution in [2.75, 3.05) is 6.61 Å². The summed E-state index contributed by atoms with van der Waals surface area (Å²) >= 11 is 3.19. The molecule has 13 heavy (non-hydrogen) atoms. The van der Waals surface area contributed by atoms with Gasteiger partial charge in [0, 0.05) is 0 Å². The summed E-state index contributed by atoms with van der Waals surface area (Å²) in [6, 6.07) is 2.75. The lowest BCUT2D eigenvalue weighted by molar-refractivity contribution is 0.364. The van der Waals surface area contributed by atoms with Crippen molar-refractivity contribution in [3.05, 3.63) is 28.0 Å². The Hall–Kier alpha value is -1.01. The average molecular weight is 243 g/mol. The molecule has 0 aliphatic rings. The maximum atomic E-state index is 12.8. The van der Waals surface area contributed by atoms with Crippen molar-refractivity contribution in [2.24, 2.45) is 0 Å². The number of hydrogen-bond donors (Lipinski definition) is 0. The van der Waals surface area contributed by atoms with E-state index in [0.717, 1.165) is 5.56 Å². The van der Waals surface area contributed by atoms with Crippen LogP contribution in [0.25, 0.3) is 0 Å². The van der Waals surface area contributed by atoms with Crippen LogP contribution >= 0.6 is 15.9 Å². The van der Waals surface area contributed by atoms with Gasteiger partial charge in [0.25, 0.3) is 0 Å². The summed E-state index contributed by atoms with van der Waals surface area (Å²) in [5, 5.41) is 0. The molecule has 0 amide bonds. The molecule has 0 bridgehead atoms. The number of terminal acetylenes is 1. The third-order valence-corrected chi connectivity index (χ3v) is 2.08. The molecule has 0 atom stereocenters. The second-order valence-corrected chi connectivity index (χ2v) is 3.38. The van der Waals surface area contributed by atoms with Gasteiger partial charge in [0.15, 0.2) is 0 Å². The molecule has 0 unspecified atom stereocenters. The Morgan fingerprint density at radius 3 is 2.85 bits per heavy atom. The van der Waals surface area contributed by atoms with Crippen LogP contribution in [0.2, 0.25) is 0 Å². The largest absolute Gasteiger partial charge is 0.479 e. The van der Waals surface area contributed by atoms with Crippen molar-refractivity contribution in [2.45, 2.75) is 6.92 Å². The summed E-state index contributed by atoms with van der Waals surface area (Å²) in [5.41, 5.74) is 0.724. The summed E-state index contributed by atoms with van der Waals surface area (Å²) in [6.45, 7) is 1.95. The molecule has 68 valence electrons. The molecule has 0 aliphatic heterocycles. The molecule has 0 spiro atoms. The molecule has 0 fully saturated rings. The fraction of sp³-hybridized carbons (Fsp3) is 0.200. The van der Waals surface area contributed by atoms with E-state index in [1.54, 1.807) is 6.92 Å². The third kappa shape index (κ3) is 2.46. The van der Waals surface area contributed by atoms with Gasteiger partial charge in [0.1, 0.15) is 18.2 Å². The molecule has 1 aromatic carbocycles. The normalized spacial score (nSPS) is 9.38. The summed E-state index contributed by atoms with van der Waals surface area (Å²) in [5.74, 6) is 2.65. The van der Waals surface area contributed by atoms with Crippen molar-refractivity contribution in [1.29, 1.82) is 0 Å². The Bertz CT molecular complexity index is 331. The van der Waals surface area contributed by atoms with Crippen LogP contribution in [0.4, 0.5) is 4.39 Å². The minimum atomic E-state index is -0.294. The summed E-state index contributed by atoms with van der Waals surface area (Å²) in [4.78, 5) is 0. The lowest BCUT2D eigenvalue weighted by Gasteiger charge is -2.08. The van der Waals surface area contributed by atoms with Crippen LogP contribution in [-0.2, 0) is 0 Å². The van der Waals surface area contributed by atoms with E-state index in [2.05, 4.69) is 21.9 Å². The van der Waals surface area contributed by atoms with Crippen LogP contribution in [0.15, 0.2) is 16.6 Å². The van der Waals surface area contributed by atoms with Crippen LogP contribution < -0.4 is 4.74 Å². The second-order valence-electron chi connectivity index (χ2n) is 2.53. The van der Waals surface area contributed by atoms with Gasteiger partial charge in [-0.05, 0) is 40.5 Å². The van der Waals surface area contributed by atoms with Crippen LogP contribution in [0.1, 0.15) is 5.56 Å². The van der Waals surface area contributed by atoms with E-state index in [9.17, 15) is 4.39 Å². The predicted octanol–water partition coefficient (Wildman–Crippen LogP) is 2.91.